The second-order valence-electron chi connectivity index (χ2n) is 11.1. The fraction of sp³-hybridized carbons (Fsp3) is 0.333. The van der Waals surface area contributed by atoms with Crippen molar-refractivity contribution >= 4 is 28.1 Å². The van der Waals surface area contributed by atoms with Crippen LogP contribution in [0, 0.1) is 25.1 Å². The second kappa shape index (κ2) is 10.2. The molecule has 1 unspecified atom stereocenters. The maximum Gasteiger partial charge on any atom is 0.281 e. The van der Waals surface area contributed by atoms with Crippen molar-refractivity contribution < 1.29 is 27.7 Å². The van der Waals surface area contributed by atoms with Gasteiger partial charge in [0.05, 0.1) is 21.4 Å². The number of ether oxygens (including phenoxy) is 1. The van der Waals surface area contributed by atoms with Crippen molar-refractivity contribution in [1.29, 1.82) is 0 Å². The van der Waals surface area contributed by atoms with Gasteiger partial charge in [-0.1, -0.05) is 26.5 Å². The van der Waals surface area contributed by atoms with E-state index in [0.717, 1.165) is 5.57 Å². The zero-order valence-electron chi connectivity index (χ0n) is 23.1. The number of nitrogens with one attached hydrogen (secondary N) is 1. The molecular formula is C30H32FN3O5S. The number of amides is 1. The number of allylic oxidation sites excluding steroid dienone is 1. The fourth-order valence-corrected chi connectivity index (χ4v) is 7.07. The monoisotopic (exact) mass is 565 g/mol. The molecule has 2 aliphatic heterocycles. The Labute approximate surface area is 235 Å². The molecule has 0 spiro atoms. The van der Waals surface area contributed by atoms with Gasteiger partial charge in [0.1, 0.15) is 41.4 Å². The smallest absolute Gasteiger partial charge is 0.281 e. The quantitative estimate of drug-likeness (QED) is 0.277. The van der Waals surface area contributed by atoms with Gasteiger partial charge in [-0.2, -0.15) is 0 Å². The van der Waals surface area contributed by atoms with Crippen molar-refractivity contribution in [3.63, 3.8) is 0 Å². The first kappa shape index (κ1) is 27.6. The Bertz CT molecular complexity index is 1590. The molecule has 2 aromatic carbocycles. The maximum absolute atomic E-state index is 16.0. The molecule has 1 aromatic heterocycles. The Hall–Kier alpha value is -3.92. The van der Waals surface area contributed by atoms with Crippen LogP contribution in [0.3, 0.4) is 0 Å². The Balaban J connectivity index is 1.78. The van der Waals surface area contributed by atoms with E-state index in [4.69, 9.17) is 9.15 Å². The van der Waals surface area contributed by atoms with E-state index in [-0.39, 0.29) is 34.7 Å². The lowest BCUT2D eigenvalue weighted by atomic mass is 9.88. The molecule has 10 heteroatoms. The molecule has 8 nitrogen and oxygen atoms in total. The summed E-state index contributed by atoms with van der Waals surface area (Å²) in [7, 11) is -1.59. The van der Waals surface area contributed by atoms with Gasteiger partial charge >= 0.3 is 0 Å². The molecule has 0 bridgehead atoms. The maximum atomic E-state index is 16.0. The molecule has 2 aliphatic rings. The first-order valence-electron chi connectivity index (χ1n) is 12.9. The minimum Gasteiger partial charge on any atom is -0.506 e. The summed E-state index contributed by atoms with van der Waals surface area (Å²) in [5.41, 5.74) is 1.75. The van der Waals surface area contributed by atoms with Crippen molar-refractivity contribution in [2.75, 3.05) is 22.6 Å². The van der Waals surface area contributed by atoms with Gasteiger partial charge < -0.3 is 19.6 Å². The van der Waals surface area contributed by atoms with Gasteiger partial charge in [0, 0.05) is 30.0 Å². The highest BCUT2D eigenvalue weighted by Gasteiger charge is 2.45. The Morgan fingerprint density at radius 3 is 2.73 bits per heavy atom. The molecule has 3 heterocycles. The van der Waals surface area contributed by atoms with E-state index >= 15 is 4.39 Å². The highest BCUT2D eigenvalue weighted by molar-refractivity contribution is 7.89. The number of aromatic hydroxyl groups is 1. The van der Waals surface area contributed by atoms with Crippen LogP contribution in [-0.4, -0.2) is 32.6 Å². The standard InChI is InChI=1S/C30H32FN3O5S/c1-16(2)14-38-19-10-11-20(21(31)12-19)27-28-22(13-30(5,6)15-40(28)37)33-26-23(8-7-9-24(26)35)34(27)29(36)25-17(3)39-18(4)32-25/h7-12,27,33,35H,1,13-15H2,2-6H3/t27-,40?/m0/s1. The predicted molar refractivity (Wildman–Crippen MR) is 152 cm³/mol. The van der Waals surface area contributed by atoms with Gasteiger partial charge in [0.15, 0.2) is 11.6 Å². The second-order valence-corrected chi connectivity index (χ2v) is 12.5. The minimum absolute atomic E-state index is 0.0459. The first-order valence-corrected chi connectivity index (χ1v) is 14.2. The molecule has 3 aromatic rings. The van der Waals surface area contributed by atoms with Crippen molar-refractivity contribution in [1.82, 2.24) is 4.98 Å². The van der Waals surface area contributed by atoms with E-state index in [2.05, 4.69) is 16.9 Å². The van der Waals surface area contributed by atoms with Gasteiger partial charge in [-0.3, -0.25) is 13.9 Å². The highest BCUT2D eigenvalue weighted by Crippen LogP contribution is 2.51. The minimum atomic E-state index is -1.59. The van der Waals surface area contributed by atoms with Crippen LogP contribution in [0.5, 0.6) is 11.5 Å². The summed E-state index contributed by atoms with van der Waals surface area (Å²) >= 11 is 0. The summed E-state index contributed by atoms with van der Waals surface area (Å²) in [6.07, 6.45) is 0.476. The summed E-state index contributed by atoms with van der Waals surface area (Å²) < 4.78 is 41.2. The third kappa shape index (κ3) is 5.03. The predicted octanol–water partition coefficient (Wildman–Crippen LogP) is 6.29. The van der Waals surface area contributed by atoms with Gasteiger partial charge in [0.2, 0.25) is 0 Å². The van der Waals surface area contributed by atoms with Crippen LogP contribution in [0.25, 0.3) is 0 Å². The van der Waals surface area contributed by atoms with Crippen molar-refractivity contribution in [3.8, 4) is 11.5 Å². The van der Waals surface area contributed by atoms with Crippen molar-refractivity contribution in [3.05, 3.63) is 87.9 Å². The molecule has 210 valence electrons. The average molecular weight is 566 g/mol. The number of fused-ring (bicyclic) bond motifs is 1. The SMILES string of the molecule is C=C(C)COc1ccc([C@H]2C3=C(CC(C)(C)CS3=O)Nc3c(O)cccc3N2C(=O)c2nc(C)oc2C)c(F)c1. The molecule has 0 radical (unpaired) electrons. The molecule has 5 rings (SSSR count). The van der Waals surface area contributed by atoms with Gasteiger partial charge in [-0.05, 0) is 55.5 Å². The number of anilines is 2. The number of hydrogen-bond donors (Lipinski definition) is 2. The normalized spacial score (nSPS) is 19.8. The lowest BCUT2D eigenvalue weighted by Crippen LogP contribution is -2.40. The molecular weight excluding hydrogens is 533 g/mol. The van der Waals surface area contributed by atoms with Gasteiger partial charge in [0.25, 0.3) is 5.91 Å². The van der Waals surface area contributed by atoms with E-state index in [1.165, 1.54) is 17.0 Å². The van der Waals surface area contributed by atoms with Crippen LogP contribution in [0.2, 0.25) is 0 Å². The number of halogens is 1. The molecule has 40 heavy (non-hydrogen) atoms. The van der Waals surface area contributed by atoms with Crippen molar-refractivity contribution in [2.45, 2.75) is 47.1 Å². The van der Waals surface area contributed by atoms with E-state index in [9.17, 15) is 14.1 Å². The summed E-state index contributed by atoms with van der Waals surface area (Å²) in [5, 5.41) is 14.2. The number of aryl methyl sites for hydroxylation is 2. The van der Waals surface area contributed by atoms with E-state index in [1.807, 2.05) is 13.8 Å². The molecule has 2 atom stereocenters. The number of hydrogen-bond acceptors (Lipinski definition) is 7. The van der Waals surface area contributed by atoms with Crippen LogP contribution < -0.4 is 15.0 Å². The number of carbonyl (C=O) groups excluding carboxylic acids is 1. The molecule has 0 saturated carbocycles. The number of phenolic OH excluding ortho intramolecular Hbond substituents is 1. The number of para-hydroxylation sites is 1. The summed E-state index contributed by atoms with van der Waals surface area (Å²) in [5.74, 6) is -0.0986. The highest BCUT2D eigenvalue weighted by atomic mass is 32.2. The summed E-state index contributed by atoms with van der Waals surface area (Å²) in [6.45, 7) is 13.1. The topological polar surface area (TPSA) is 105 Å². The van der Waals surface area contributed by atoms with Gasteiger partial charge in [-0.15, -0.1) is 0 Å². The average Bonchev–Trinajstić information content (AvgIpc) is 3.12. The number of nitrogens with zero attached hydrogens (tertiary/aromatic N) is 2. The zero-order chi connectivity index (χ0) is 28.9. The molecule has 0 fully saturated rings. The lowest BCUT2D eigenvalue weighted by Gasteiger charge is -2.37. The van der Waals surface area contributed by atoms with Crippen LogP contribution in [0.4, 0.5) is 15.8 Å². The van der Waals surface area contributed by atoms with E-state index < -0.39 is 28.6 Å². The molecule has 0 saturated heterocycles. The third-order valence-corrected chi connectivity index (χ3v) is 8.86. The van der Waals surface area contributed by atoms with Crippen LogP contribution in [-0.2, 0) is 10.8 Å². The first-order chi connectivity index (χ1) is 18.9. The molecule has 1 amide bonds. The number of phenols is 1. The Morgan fingerprint density at radius 1 is 1.32 bits per heavy atom. The van der Waals surface area contributed by atoms with E-state index in [1.54, 1.807) is 45.0 Å². The Kier molecular flexibility index (Phi) is 7.08. The summed E-state index contributed by atoms with van der Waals surface area (Å²) in [4.78, 5) is 20.4. The number of oxazole rings is 1. The fourth-order valence-electron chi connectivity index (χ4n) is 5.22. The number of rotatable bonds is 5. The van der Waals surface area contributed by atoms with Crippen molar-refractivity contribution in [2.24, 2.45) is 5.41 Å². The molecule has 0 aliphatic carbocycles. The van der Waals surface area contributed by atoms with E-state index in [0.29, 0.717) is 45.9 Å². The lowest BCUT2D eigenvalue weighted by molar-refractivity contribution is 0.0974. The zero-order valence-corrected chi connectivity index (χ0v) is 23.9. The number of carbonyl (C=O) groups is 1. The molecule has 2 N–H and O–H groups in total. The third-order valence-electron chi connectivity index (χ3n) is 6.86. The number of benzene rings is 2. The number of aromatic nitrogens is 1. The summed E-state index contributed by atoms with van der Waals surface area (Å²) in [6, 6.07) is 8.07. The van der Waals surface area contributed by atoms with Crippen LogP contribution in [0.1, 0.15) is 60.9 Å². The van der Waals surface area contributed by atoms with Crippen LogP contribution >= 0.6 is 0 Å². The van der Waals surface area contributed by atoms with Gasteiger partial charge in [-0.25, -0.2) is 9.37 Å². The Morgan fingerprint density at radius 2 is 2.08 bits per heavy atom. The van der Waals surface area contributed by atoms with Crippen LogP contribution in [0.15, 0.2) is 63.6 Å². The largest absolute Gasteiger partial charge is 0.506 e.